The number of nitrogens with one attached hydrogen (secondary N) is 1. The van der Waals surface area contributed by atoms with Crippen LogP contribution >= 0.6 is 24.8 Å². The highest BCUT2D eigenvalue weighted by molar-refractivity contribution is 5.94. The van der Waals surface area contributed by atoms with Gasteiger partial charge < -0.3 is 15.8 Å². The molecule has 2 heterocycles. The van der Waals surface area contributed by atoms with Crippen molar-refractivity contribution in [1.82, 2.24) is 4.98 Å². The number of fused-ring (bicyclic) bond motifs is 1. The Hall–Kier alpha value is -1.82. The van der Waals surface area contributed by atoms with Crippen LogP contribution in [0.3, 0.4) is 0 Å². The second-order valence-corrected chi connectivity index (χ2v) is 6.55. The van der Waals surface area contributed by atoms with E-state index in [9.17, 15) is 4.79 Å². The lowest BCUT2D eigenvalue weighted by Crippen LogP contribution is -2.36. The summed E-state index contributed by atoms with van der Waals surface area (Å²) >= 11 is 0. The first-order chi connectivity index (χ1) is 11.5. The van der Waals surface area contributed by atoms with Crippen LogP contribution in [-0.2, 0) is 11.2 Å². The fourth-order valence-corrected chi connectivity index (χ4v) is 2.84. The average Bonchev–Trinajstić information content (AvgIpc) is 3.02. The van der Waals surface area contributed by atoms with E-state index in [1.165, 1.54) is 5.56 Å². The van der Waals surface area contributed by atoms with Gasteiger partial charge in [0.25, 0.3) is 0 Å². The minimum absolute atomic E-state index is 0. The van der Waals surface area contributed by atoms with Gasteiger partial charge in [-0.05, 0) is 48.2 Å². The van der Waals surface area contributed by atoms with Crippen LogP contribution in [0, 0.1) is 5.92 Å². The molecule has 1 aromatic heterocycles. The number of nitrogens with zero attached hydrogens (tertiary/aromatic N) is 1. The van der Waals surface area contributed by atoms with E-state index < -0.39 is 6.04 Å². The third-order valence-electron chi connectivity index (χ3n) is 4.05. The van der Waals surface area contributed by atoms with E-state index in [1.807, 2.05) is 38.1 Å². The Morgan fingerprint density at radius 1 is 1.27 bits per heavy atom. The first-order valence-corrected chi connectivity index (χ1v) is 8.32. The summed E-state index contributed by atoms with van der Waals surface area (Å²) in [5, 5.41) is 2.81. The maximum absolute atomic E-state index is 12.2. The molecule has 5 nitrogen and oxygen atoms in total. The van der Waals surface area contributed by atoms with Gasteiger partial charge in [-0.2, -0.15) is 0 Å². The molecule has 26 heavy (non-hydrogen) atoms. The Morgan fingerprint density at radius 2 is 2.04 bits per heavy atom. The molecule has 7 heteroatoms. The van der Waals surface area contributed by atoms with E-state index in [-0.39, 0.29) is 30.7 Å². The van der Waals surface area contributed by atoms with Gasteiger partial charge in [0.15, 0.2) is 0 Å². The average molecular weight is 398 g/mol. The third kappa shape index (κ3) is 5.34. The molecule has 1 aliphatic rings. The number of carbonyl (C=O) groups excluding carboxylic acids is 1. The zero-order valence-electron chi connectivity index (χ0n) is 14.9. The number of aromatic nitrogens is 1. The lowest BCUT2D eigenvalue weighted by Gasteiger charge is -2.14. The first-order valence-electron chi connectivity index (χ1n) is 8.32. The molecule has 0 bridgehead atoms. The van der Waals surface area contributed by atoms with Gasteiger partial charge in [0, 0.05) is 12.0 Å². The number of nitrogens with two attached hydrogens (primary N) is 1. The summed E-state index contributed by atoms with van der Waals surface area (Å²) in [7, 11) is 0. The monoisotopic (exact) mass is 397 g/mol. The first kappa shape index (κ1) is 22.2. The molecule has 1 amide bonds. The second-order valence-electron chi connectivity index (χ2n) is 6.55. The van der Waals surface area contributed by atoms with E-state index in [0.717, 1.165) is 30.0 Å². The molecule has 142 valence electrons. The highest BCUT2D eigenvalue weighted by Gasteiger charge is 2.16. The van der Waals surface area contributed by atoms with Crippen molar-refractivity contribution < 1.29 is 9.53 Å². The van der Waals surface area contributed by atoms with Crippen molar-refractivity contribution in [3.05, 3.63) is 42.0 Å². The van der Waals surface area contributed by atoms with Gasteiger partial charge in [-0.25, -0.2) is 4.98 Å². The highest BCUT2D eigenvalue weighted by atomic mass is 35.5. The van der Waals surface area contributed by atoms with E-state index in [0.29, 0.717) is 18.2 Å². The topological polar surface area (TPSA) is 77.2 Å². The summed E-state index contributed by atoms with van der Waals surface area (Å²) in [6.45, 7) is 4.82. The van der Waals surface area contributed by atoms with Crippen LogP contribution < -0.4 is 15.8 Å². The van der Waals surface area contributed by atoms with Gasteiger partial charge >= 0.3 is 0 Å². The molecular formula is C19H25Cl2N3O2. The number of halogens is 2. The largest absolute Gasteiger partial charge is 0.493 e. The van der Waals surface area contributed by atoms with Crippen molar-refractivity contribution >= 4 is 36.5 Å². The van der Waals surface area contributed by atoms with E-state index in [4.69, 9.17) is 10.5 Å². The summed E-state index contributed by atoms with van der Waals surface area (Å²) in [4.78, 5) is 16.7. The quantitative estimate of drug-likeness (QED) is 0.802. The molecule has 0 saturated heterocycles. The molecule has 0 spiro atoms. The lowest BCUT2D eigenvalue weighted by molar-refractivity contribution is -0.117. The van der Waals surface area contributed by atoms with Crippen molar-refractivity contribution in [2.45, 2.75) is 32.7 Å². The Balaban J connectivity index is 0.00000169. The molecule has 0 aliphatic carbocycles. The predicted molar refractivity (Wildman–Crippen MR) is 109 cm³/mol. The number of hydrogen-bond donors (Lipinski definition) is 2. The van der Waals surface area contributed by atoms with Gasteiger partial charge in [-0.3, -0.25) is 4.79 Å². The number of pyridine rings is 1. The standard InChI is InChI=1S/C19H23N3O2.2ClH/c1-12(2)10-15(20)19(23)22-18-5-3-4-16(21-18)13-6-7-17-14(11-13)8-9-24-17;;/h3-7,11-12,15H,8-10,20H2,1-2H3,(H,21,22,23);2*1H/t15-;;/m0../s1. The van der Waals surface area contributed by atoms with Crippen LogP contribution in [0.1, 0.15) is 25.8 Å². The van der Waals surface area contributed by atoms with Gasteiger partial charge in [-0.15, -0.1) is 24.8 Å². The molecular weight excluding hydrogens is 373 g/mol. The highest BCUT2D eigenvalue weighted by Crippen LogP contribution is 2.30. The van der Waals surface area contributed by atoms with Crippen LogP contribution in [0.5, 0.6) is 5.75 Å². The molecule has 3 N–H and O–H groups in total. The maximum atomic E-state index is 12.2. The number of benzene rings is 1. The number of ether oxygens (including phenoxy) is 1. The zero-order valence-corrected chi connectivity index (χ0v) is 16.5. The SMILES string of the molecule is CC(C)C[C@H](N)C(=O)Nc1cccc(-c2ccc3c(c2)CCO3)n1.Cl.Cl. The zero-order chi connectivity index (χ0) is 17.1. The van der Waals surface area contributed by atoms with Gasteiger partial charge in [0.1, 0.15) is 11.6 Å². The summed E-state index contributed by atoms with van der Waals surface area (Å²) < 4.78 is 5.53. The molecule has 1 aromatic carbocycles. The molecule has 0 saturated carbocycles. The fraction of sp³-hybridized carbons (Fsp3) is 0.368. The molecule has 0 fully saturated rings. The summed E-state index contributed by atoms with van der Waals surface area (Å²) in [6, 6.07) is 11.1. The van der Waals surface area contributed by atoms with Gasteiger partial charge in [-0.1, -0.05) is 19.9 Å². The number of rotatable bonds is 5. The number of anilines is 1. The van der Waals surface area contributed by atoms with Gasteiger partial charge in [0.05, 0.1) is 18.3 Å². The van der Waals surface area contributed by atoms with E-state index in [1.54, 1.807) is 6.07 Å². The number of carbonyl (C=O) groups is 1. The third-order valence-corrected chi connectivity index (χ3v) is 4.05. The van der Waals surface area contributed by atoms with Crippen molar-refractivity contribution in [2.75, 3.05) is 11.9 Å². The van der Waals surface area contributed by atoms with Crippen LogP contribution in [0.15, 0.2) is 36.4 Å². The van der Waals surface area contributed by atoms with Crippen LogP contribution in [-0.4, -0.2) is 23.5 Å². The molecule has 2 aromatic rings. The molecule has 1 aliphatic heterocycles. The Morgan fingerprint density at radius 3 is 2.77 bits per heavy atom. The molecule has 1 atom stereocenters. The minimum atomic E-state index is -0.521. The van der Waals surface area contributed by atoms with Crippen molar-refractivity contribution in [3.63, 3.8) is 0 Å². The smallest absolute Gasteiger partial charge is 0.242 e. The Bertz CT molecular complexity index is 753. The molecule has 3 rings (SSSR count). The summed E-state index contributed by atoms with van der Waals surface area (Å²) in [5.41, 5.74) is 8.95. The molecule has 0 unspecified atom stereocenters. The summed E-state index contributed by atoms with van der Waals surface area (Å²) in [6.07, 6.45) is 1.57. The molecule has 0 radical (unpaired) electrons. The van der Waals surface area contributed by atoms with Crippen molar-refractivity contribution in [3.8, 4) is 17.0 Å². The van der Waals surface area contributed by atoms with E-state index in [2.05, 4.69) is 16.4 Å². The minimum Gasteiger partial charge on any atom is -0.493 e. The Kier molecular flexibility index (Phi) is 8.34. The number of hydrogen-bond acceptors (Lipinski definition) is 4. The predicted octanol–water partition coefficient (Wildman–Crippen LogP) is 3.84. The normalized spacial score (nSPS) is 13.1. The lowest BCUT2D eigenvalue weighted by atomic mass is 10.0. The van der Waals surface area contributed by atoms with Crippen LogP contribution in [0.25, 0.3) is 11.3 Å². The van der Waals surface area contributed by atoms with Crippen LogP contribution in [0.4, 0.5) is 5.82 Å². The second kappa shape index (κ2) is 9.76. The summed E-state index contributed by atoms with van der Waals surface area (Å²) in [5.74, 6) is 1.64. The Labute approximate surface area is 166 Å². The van der Waals surface area contributed by atoms with Crippen molar-refractivity contribution in [2.24, 2.45) is 11.7 Å². The van der Waals surface area contributed by atoms with Crippen molar-refractivity contribution in [1.29, 1.82) is 0 Å². The van der Waals surface area contributed by atoms with Crippen LogP contribution in [0.2, 0.25) is 0 Å². The number of amides is 1. The maximum Gasteiger partial charge on any atom is 0.242 e. The van der Waals surface area contributed by atoms with E-state index >= 15 is 0 Å². The van der Waals surface area contributed by atoms with Gasteiger partial charge in [0.2, 0.25) is 5.91 Å². The fourth-order valence-electron chi connectivity index (χ4n) is 2.84.